The molecule has 1 N–H and O–H groups in total. The van der Waals surface area contributed by atoms with Crippen LogP contribution in [0.2, 0.25) is 0 Å². The minimum Gasteiger partial charge on any atom is -0.384 e. The van der Waals surface area contributed by atoms with Crippen molar-refractivity contribution in [2.24, 2.45) is 0 Å². The summed E-state index contributed by atoms with van der Waals surface area (Å²) in [6.45, 7) is 1.00. The van der Waals surface area contributed by atoms with Crippen LogP contribution in [0.1, 0.15) is 5.56 Å². The molecule has 0 saturated heterocycles. The van der Waals surface area contributed by atoms with E-state index in [4.69, 9.17) is 0 Å². The normalized spacial score (nSPS) is 13.3. The van der Waals surface area contributed by atoms with Gasteiger partial charge in [0.05, 0.1) is 0 Å². The Hall–Kier alpha value is -1.83. The Bertz CT molecular complexity index is 534. The lowest BCUT2D eigenvalue weighted by Crippen LogP contribution is -1.91. The number of anilines is 1. The van der Waals surface area contributed by atoms with Gasteiger partial charge in [0.15, 0.2) is 0 Å². The summed E-state index contributed by atoms with van der Waals surface area (Å²) in [5.74, 6) is -0.189. The molecule has 0 fully saturated rings. The van der Waals surface area contributed by atoms with Gasteiger partial charge in [0, 0.05) is 12.2 Å². The highest BCUT2D eigenvalue weighted by molar-refractivity contribution is 5.71. The Kier molecular flexibility index (Phi) is 2.13. The Morgan fingerprint density at radius 1 is 1.00 bits per heavy atom. The topological polar surface area (TPSA) is 12.0 Å². The SMILES string of the molecule is Fc1cccc(-c2ccc3c(c2)NCC3)c1. The van der Waals surface area contributed by atoms with E-state index in [0.29, 0.717) is 0 Å². The Balaban J connectivity index is 2.07. The molecule has 0 aromatic heterocycles. The number of halogens is 1. The fraction of sp³-hybridized carbons (Fsp3) is 0.143. The molecule has 3 rings (SSSR count). The maximum absolute atomic E-state index is 13.1. The fourth-order valence-corrected chi connectivity index (χ4v) is 2.14. The van der Waals surface area contributed by atoms with Crippen LogP contribution in [0, 0.1) is 5.82 Å². The first-order valence-corrected chi connectivity index (χ1v) is 5.46. The van der Waals surface area contributed by atoms with Gasteiger partial charge in [-0.05, 0) is 41.3 Å². The molecule has 1 aliphatic rings. The van der Waals surface area contributed by atoms with Gasteiger partial charge < -0.3 is 5.32 Å². The molecule has 0 aliphatic carbocycles. The van der Waals surface area contributed by atoms with Gasteiger partial charge in [0.1, 0.15) is 5.82 Å². The molecule has 0 radical (unpaired) electrons. The molecule has 80 valence electrons. The van der Waals surface area contributed by atoms with Crippen LogP contribution in [-0.2, 0) is 6.42 Å². The number of fused-ring (bicyclic) bond motifs is 1. The second-order valence-corrected chi connectivity index (χ2v) is 4.06. The highest BCUT2D eigenvalue weighted by Crippen LogP contribution is 2.29. The molecule has 2 heteroatoms. The van der Waals surface area contributed by atoms with E-state index in [0.717, 1.165) is 24.1 Å². The maximum Gasteiger partial charge on any atom is 0.123 e. The van der Waals surface area contributed by atoms with Crippen molar-refractivity contribution < 1.29 is 4.39 Å². The molecular formula is C14H12FN. The molecular weight excluding hydrogens is 201 g/mol. The average molecular weight is 213 g/mol. The number of hydrogen-bond donors (Lipinski definition) is 1. The predicted octanol–water partition coefficient (Wildman–Crippen LogP) is 3.46. The summed E-state index contributed by atoms with van der Waals surface area (Å²) in [5.41, 5.74) is 4.52. The van der Waals surface area contributed by atoms with Gasteiger partial charge >= 0.3 is 0 Å². The fourth-order valence-electron chi connectivity index (χ4n) is 2.14. The van der Waals surface area contributed by atoms with Gasteiger partial charge in [-0.2, -0.15) is 0 Å². The highest BCUT2D eigenvalue weighted by Gasteiger charge is 2.10. The Labute approximate surface area is 93.9 Å². The zero-order chi connectivity index (χ0) is 11.0. The first-order valence-electron chi connectivity index (χ1n) is 5.46. The van der Waals surface area contributed by atoms with Crippen molar-refractivity contribution in [3.63, 3.8) is 0 Å². The summed E-state index contributed by atoms with van der Waals surface area (Å²) >= 11 is 0. The third-order valence-electron chi connectivity index (χ3n) is 2.98. The van der Waals surface area contributed by atoms with E-state index in [9.17, 15) is 4.39 Å². The molecule has 1 heterocycles. The zero-order valence-corrected chi connectivity index (χ0v) is 8.83. The lowest BCUT2D eigenvalue weighted by molar-refractivity contribution is 0.628. The summed E-state index contributed by atoms with van der Waals surface area (Å²) in [6, 6.07) is 13.0. The highest BCUT2D eigenvalue weighted by atomic mass is 19.1. The van der Waals surface area contributed by atoms with Crippen LogP contribution in [0.25, 0.3) is 11.1 Å². The van der Waals surface area contributed by atoms with Crippen LogP contribution in [-0.4, -0.2) is 6.54 Å². The van der Waals surface area contributed by atoms with Gasteiger partial charge in [-0.25, -0.2) is 4.39 Å². The van der Waals surface area contributed by atoms with Gasteiger partial charge in [-0.15, -0.1) is 0 Å². The van der Waals surface area contributed by atoms with Crippen molar-refractivity contribution in [2.75, 3.05) is 11.9 Å². The van der Waals surface area contributed by atoms with E-state index in [2.05, 4.69) is 23.5 Å². The molecule has 0 amide bonds. The molecule has 1 aliphatic heterocycles. The standard InChI is InChI=1S/C14H12FN/c15-13-3-1-2-11(8-13)12-5-4-10-6-7-16-14(10)9-12/h1-5,8-9,16H,6-7H2. The third-order valence-corrected chi connectivity index (χ3v) is 2.98. The first kappa shape index (κ1) is 9.40. The van der Waals surface area contributed by atoms with Crippen molar-refractivity contribution in [1.82, 2.24) is 0 Å². The van der Waals surface area contributed by atoms with Gasteiger partial charge in [0.2, 0.25) is 0 Å². The molecule has 0 unspecified atom stereocenters. The van der Waals surface area contributed by atoms with Crippen molar-refractivity contribution in [3.05, 3.63) is 53.8 Å². The molecule has 2 aromatic rings. The number of benzene rings is 2. The summed E-state index contributed by atoms with van der Waals surface area (Å²) in [6.07, 6.45) is 1.08. The van der Waals surface area contributed by atoms with E-state index >= 15 is 0 Å². The minimum absolute atomic E-state index is 0.189. The van der Waals surface area contributed by atoms with Gasteiger partial charge in [0.25, 0.3) is 0 Å². The van der Waals surface area contributed by atoms with Crippen LogP contribution < -0.4 is 5.32 Å². The largest absolute Gasteiger partial charge is 0.384 e. The zero-order valence-electron chi connectivity index (χ0n) is 8.83. The molecule has 0 saturated carbocycles. The molecule has 0 atom stereocenters. The first-order chi connectivity index (χ1) is 7.83. The van der Waals surface area contributed by atoms with Gasteiger partial charge in [-0.1, -0.05) is 24.3 Å². The number of rotatable bonds is 1. The monoisotopic (exact) mass is 213 g/mol. The van der Waals surface area contributed by atoms with Crippen molar-refractivity contribution >= 4 is 5.69 Å². The van der Waals surface area contributed by atoms with Crippen LogP contribution in [0.4, 0.5) is 10.1 Å². The van der Waals surface area contributed by atoms with Crippen molar-refractivity contribution in [3.8, 4) is 11.1 Å². The van der Waals surface area contributed by atoms with Crippen molar-refractivity contribution in [1.29, 1.82) is 0 Å². The van der Waals surface area contributed by atoms with Gasteiger partial charge in [-0.3, -0.25) is 0 Å². The maximum atomic E-state index is 13.1. The smallest absolute Gasteiger partial charge is 0.123 e. The van der Waals surface area contributed by atoms with Crippen molar-refractivity contribution in [2.45, 2.75) is 6.42 Å². The van der Waals surface area contributed by atoms with E-state index in [1.807, 2.05) is 6.07 Å². The van der Waals surface area contributed by atoms with Crippen LogP contribution in [0.15, 0.2) is 42.5 Å². The second kappa shape index (κ2) is 3.63. The summed E-state index contributed by atoms with van der Waals surface area (Å²) in [7, 11) is 0. The lowest BCUT2D eigenvalue weighted by atomic mass is 10.0. The average Bonchev–Trinajstić information content (AvgIpc) is 2.75. The third kappa shape index (κ3) is 1.56. The number of nitrogens with one attached hydrogen (secondary N) is 1. The molecule has 1 nitrogen and oxygen atoms in total. The summed E-state index contributed by atoms with van der Waals surface area (Å²) < 4.78 is 13.1. The number of hydrogen-bond acceptors (Lipinski definition) is 1. The molecule has 16 heavy (non-hydrogen) atoms. The second-order valence-electron chi connectivity index (χ2n) is 4.06. The van der Waals surface area contributed by atoms with Crippen LogP contribution >= 0.6 is 0 Å². The Morgan fingerprint density at radius 2 is 1.88 bits per heavy atom. The minimum atomic E-state index is -0.189. The van der Waals surface area contributed by atoms with E-state index in [-0.39, 0.29) is 5.82 Å². The van der Waals surface area contributed by atoms with E-state index < -0.39 is 0 Å². The lowest BCUT2D eigenvalue weighted by Gasteiger charge is -2.05. The van der Waals surface area contributed by atoms with E-state index in [1.54, 1.807) is 12.1 Å². The van der Waals surface area contributed by atoms with E-state index in [1.165, 1.54) is 17.3 Å². The van der Waals surface area contributed by atoms with Crippen LogP contribution in [0.5, 0.6) is 0 Å². The molecule has 2 aromatic carbocycles. The Morgan fingerprint density at radius 3 is 2.75 bits per heavy atom. The molecule has 0 spiro atoms. The quantitative estimate of drug-likeness (QED) is 0.765. The predicted molar refractivity (Wildman–Crippen MR) is 64.0 cm³/mol. The summed E-state index contributed by atoms with van der Waals surface area (Å²) in [4.78, 5) is 0. The summed E-state index contributed by atoms with van der Waals surface area (Å²) in [5, 5.41) is 3.33. The molecule has 0 bridgehead atoms. The van der Waals surface area contributed by atoms with Crippen LogP contribution in [0.3, 0.4) is 0 Å².